The molecule has 1 rings (SSSR count). The first-order chi connectivity index (χ1) is 6.80. The maximum atomic E-state index is 11.9. The van der Waals surface area contributed by atoms with Gasteiger partial charge in [-0.1, -0.05) is 18.2 Å². The summed E-state index contributed by atoms with van der Waals surface area (Å²) >= 11 is 0. The van der Waals surface area contributed by atoms with Crippen LogP contribution in [0.2, 0.25) is 0 Å². The van der Waals surface area contributed by atoms with Crippen molar-refractivity contribution in [2.24, 2.45) is 0 Å². The van der Waals surface area contributed by atoms with Crippen LogP contribution >= 0.6 is 0 Å². The molecule has 0 amide bonds. The molecule has 0 heterocycles. The quantitative estimate of drug-likeness (QED) is 0.847. The molecule has 0 aliphatic carbocycles. The van der Waals surface area contributed by atoms with Gasteiger partial charge in [0.2, 0.25) is 0 Å². The Labute approximate surface area is 88.5 Å². The van der Waals surface area contributed by atoms with Crippen LogP contribution in [0.4, 0.5) is 0 Å². The lowest BCUT2D eigenvalue weighted by Crippen LogP contribution is -2.40. The summed E-state index contributed by atoms with van der Waals surface area (Å²) in [5.41, 5.74) is 0. The summed E-state index contributed by atoms with van der Waals surface area (Å²) in [7, 11) is -3.84. The van der Waals surface area contributed by atoms with E-state index in [1.807, 2.05) is 0 Å². The molecular weight excluding hydrogens is 216 g/mol. The van der Waals surface area contributed by atoms with Gasteiger partial charge in [0.05, 0.1) is 4.90 Å². The number of benzene rings is 1. The van der Waals surface area contributed by atoms with Crippen molar-refractivity contribution in [1.82, 2.24) is 0 Å². The van der Waals surface area contributed by atoms with E-state index >= 15 is 0 Å². The second-order valence-corrected chi connectivity index (χ2v) is 6.13. The van der Waals surface area contributed by atoms with E-state index in [1.165, 1.54) is 26.0 Å². The number of sulfone groups is 1. The molecule has 5 heteroatoms. The van der Waals surface area contributed by atoms with Gasteiger partial charge in [-0.05, 0) is 26.0 Å². The van der Waals surface area contributed by atoms with E-state index < -0.39 is 20.6 Å². The van der Waals surface area contributed by atoms with Crippen molar-refractivity contribution >= 4 is 15.8 Å². The Morgan fingerprint density at radius 3 is 2.07 bits per heavy atom. The Morgan fingerprint density at radius 1 is 1.20 bits per heavy atom. The fourth-order valence-electron chi connectivity index (χ4n) is 1.01. The van der Waals surface area contributed by atoms with Crippen LogP contribution in [0.3, 0.4) is 0 Å². The van der Waals surface area contributed by atoms with Crippen molar-refractivity contribution in [1.29, 1.82) is 0 Å². The van der Waals surface area contributed by atoms with Crippen LogP contribution in [-0.2, 0) is 14.6 Å². The predicted octanol–water partition coefficient (Wildman–Crippen LogP) is 1.32. The number of hydrogen-bond acceptors (Lipinski definition) is 3. The summed E-state index contributed by atoms with van der Waals surface area (Å²) in [4.78, 5) is 10.9. The van der Waals surface area contributed by atoms with Gasteiger partial charge in [0.15, 0.2) is 14.6 Å². The SMILES string of the molecule is CC(C)(C(=O)O)S(=O)(=O)c1ccccc1. The minimum Gasteiger partial charge on any atom is -0.480 e. The zero-order valence-electron chi connectivity index (χ0n) is 8.47. The molecule has 0 bridgehead atoms. The van der Waals surface area contributed by atoms with Crippen LogP contribution in [0, 0.1) is 0 Å². The van der Waals surface area contributed by atoms with E-state index in [9.17, 15) is 13.2 Å². The predicted molar refractivity (Wildman–Crippen MR) is 55.3 cm³/mol. The Bertz CT molecular complexity index is 459. The highest BCUT2D eigenvalue weighted by Crippen LogP contribution is 2.25. The number of rotatable bonds is 3. The maximum Gasteiger partial charge on any atom is 0.324 e. The van der Waals surface area contributed by atoms with E-state index in [1.54, 1.807) is 18.2 Å². The lowest BCUT2D eigenvalue weighted by molar-refractivity contribution is -0.139. The summed E-state index contributed by atoms with van der Waals surface area (Å²) in [5.74, 6) is -1.36. The summed E-state index contributed by atoms with van der Waals surface area (Å²) in [5, 5.41) is 8.86. The molecule has 1 aromatic carbocycles. The number of carboxylic acid groups (broad SMARTS) is 1. The second kappa shape index (κ2) is 3.66. The highest BCUT2D eigenvalue weighted by Gasteiger charge is 2.42. The molecule has 0 saturated carbocycles. The molecule has 1 aromatic rings. The third-order valence-corrected chi connectivity index (χ3v) is 4.65. The van der Waals surface area contributed by atoms with Crippen molar-refractivity contribution in [3.8, 4) is 0 Å². The third kappa shape index (κ3) is 1.87. The van der Waals surface area contributed by atoms with Gasteiger partial charge in [-0.2, -0.15) is 0 Å². The highest BCUT2D eigenvalue weighted by atomic mass is 32.2. The average Bonchev–Trinajstić information content (AvgIpc) is 2.18. The molecular formula is C10H12O4S. The molecule has 15 heavy (non-hydrogen) atoms. The first kappa shape index (κ1) is 11.7. The molecule has 1 N–H and O–H groups in total. The van der Waals surface area contributed by atoms with Crippen LogP contribution < -0.4 is 0 Å². The zero-order chi connectivity index (χ0) is 11.7. The van der Waals surface area contributed by atoms with E-state index in [-0.39, 0.29) is 4.90 Å². The topological polar surface area (TPSA) is 71.4 Å². The van der Waals surface area contributed by atoms with Crippen LogP contribution in [0.5, 0.6) is 0 Å². The second-order valence-electron chi connectivity index (χ2n) is 3.63. The summed E-state index contributed by atoms with van der Waals surface area (Å²) in [6.45, 7) is 2.36. The van der Waals surface area contributed by atoms with Gasteiger partial charge >= 0.3 is 5.97 Å². The van der Waals surface area contributed by atoms with E-state index in [0.29, 0.717) is 0 Å². The Morgan fingerprint density at radius 2 is 1.67 bits per heavy atom. The monoisotopic (exact) mass is 228 g/mol. The number of carbonyl (C=O) groups is 1. The van der Waals surface area contributed by atoms with Crippen LogP contribution in [-0.4, -0.2) is 24.2 Å². The van der Waals surface area contributed by atoms with Crippen molar-refractivity contribution in [3.05, 3.63) is 30.3 Å². The van der Waals surface area contributed by atoms with Gasteiger partial charge in [0.25, 0.3) is 0 Å². The van der Waals surface area contributed by atoms with Crippen LogP contribution in [0.1, 0.15) is 13.8 Å². The smallest absolute Gasteiger partial charge is 0.324 e. The average molecular weight is 228 g/mol. The molecule has 0 fully saturated rings. The van der Waals surface area contributed by atoms with Gasteiger partial charge in [0, 0.05) is 0 Å². The van der Waals surface area contributed by atoms with Crippen molar-refractivity contribution in [2.75, 3.05) is 0 Å². The molecule has 0 spiro atoms. The minimum atomic E-state index is -3.84. The van der Waals surface area contributed by atoms with Gasteiger partial charge in [0.1, 0.15) is 0 Å². The summed E-state index contributed by atoms with van der Waals surface area (Å²) in [6.07, 6.45) is 0. The molecule has 0 aliphatic rings. The van der Waals surface area contributed by atoms with Crippen LogP contribution in [0.15, 0.2) is 35.2 Å². The molecule has 0 unspecified atom stereocenters. The van der Waals surface area contributed by atoms with E-state index in [0.717, 1.165) is 0 Å². The van der Waals surface area contributed by atoms with Gasteiger partial charge in [-0.15, -0.1) is 0 Å². The Kier molecular flexibility index (Phi) is 2.86. The first-order valence-corrected chi connectivity index (χ1v) is 5.81. The van der Waals surface area contributed by atoms with Crippen molar-refractivity contribution in [3.63, 3.8) is 0 Å². The summed E-state index contributed by atoms with van der Waals surface area (Å²) < 4.78 is 22.0. The van der Waals surface area contributed by atoms with Crippen molar-refractivity contribution in [2.45, 2.75) is 23.5 Å². The number of carboxylic acids is 1. The molecule has 0 radical (unpaired) electrons. The molecule has 0 aliphatic heterocycles. The lowest BCUT2D eigenvalue weighted by Gasteiger charge is -2.19. The van der Waals surface area contributed by atoms with E-state index in [4.69, 9.17) is 5.11 Å². The standard InChI is InChI=1S/C10H12O4S/c1-10(2,9(11)12)15(13,14)8-6-4-3-5-7-8/h3-7H,1-2H3,(H,11,12). The minimum absolute atomic E-state index is 0.0254. The highest BCUT2D eigenvalue weighted by molar-refractivity contribution is 7.93. The largest absolute Gasteiger partial charge is 0.480 e. The number of aliphatic carboxylic acids is 1. The van der Waals surface area contributed by atoms with Gasteiger partial charge in [-0.3, -0.25) is 4.79 Å². The van der Waals surface area contributed by atoms with E-state index in [2.05, 4.69) is 0 Å². The summed E-state index contributed by atoms with van der Waals surface area (Å²) in [6, 6.07) is 7.57. The third-order valence-electron chi connectivity index (χ3n) is 2.24. The normalized spacial score (nSPS) is 12.4. The van der Waals surface area contributed by atoms with Gasteiger partial charge < -0.3 is 5.11 Å². The van der Waals surface area contributed by atoms with Crippen molar-refractivity contribution < 1.29 is 18.3 Å². The lowest BCUT2D eigenvalue weighted by atomic mass is 10.2. The Balaban J connectivity index is 3.33. The molecule has 0 aromatic heterocycles. The number of hydrogen-bond donors (Lipinski definition) is 1. The fourth-order valence-corrected chi connectivity index (χ4v) is 2.34. The molecule has 82 valence electrons. The molecule has 4 nitrogen and oxygen atoms in total. The van der Waals surface area contributed by atoms with Gasteiger partial charge in [-0.25, -0.2) is 8.42 Å². The fraction of sp³-hybridized carbons (Fsp3) is 0.300. The maximum absolute atomic E-state index is 11.9. The van der Waals surface area contributed by atoms with Crippen LogP contribution in [0.25, 0.3) is 0 Å². The molecule has 0 atom stereocenters. The molecule has 0 saturated heterocycles. The Hall–Kier alpha value is -1.36. The zero-order valence-corrected chi connectivity index (χ0v) is 9.28. The first-order valence-electron chi connectivity index (χ1n) is 4.33.